The van der Waals surface area contributed by atoms with E-state index in [1.54, 1.807) is 6.07 Å². The minimum absolute atomic E-state index is 0.142. The fourth-order valence-electron chi connectivity index (χ4n) is 1.75. The first-order valence-corrected chi connectivity index (χ1v) is 7.67. The molecule has 2 rings (SSSR count). The molecule has 2 heterocycles. The number of aromatic nitrogens is 2. The van der Waals surface area contributed by atoms with Crippen LogP contribution in [0.2, 0.25) is 0 Å². The van der Waals surface area contributed by atoms with E-state index in [2.05, 4.69) is 27.5 Å². The van der Waals surface area contributed by atoms with Gasteiger partial charge in [-0.3, -0.25) is 14.9 Å². The molecule has 0 radical (unpaired) electrons. The molecule has 0 aliphatic heterocycles. The van der Waals surface area contributed by atoms with E-state index in [1.165, 1.54) is 23.5 Å². The molecule has 112 valence electrons. The zero-order valence-electron chi connectivity index (χ0n) is 12.0. The SMILES string of the molecule is CCCNC(C)c1csc(NC(=O)c2cccc(=O)[nH]2)n1. The summed E-state index contributed by atoms with van der Waals surface area (Å²) >= 11 is 1.36. The van der Waals surface area contributed by atoms with Gasteiger partial charge in [-0.1, -0.05) is 13.0 Å². The molecule has 1 amide bonds. The molecule has 0 aliphatic carbocycles. The monoisotopic (exact) mass is 306 g/mol. The third-order valence-corrected chi connectivity index (χ3v) is 3.68. The Morgan fingerprint density at radius 1 is 1.48 bits per heavy atom. The molecular formula is C14H18N4O2S. The molecule has 2 aromatic heterocycles. The summed E-state index contributed by atoms with van der Waals surface area (Å²) in [6, 6.07) is 4.59. The normalized spacial score (nSPS) is 12.1. The van der Waals surface area contributed by atoms with Crippen molar-refractivity contribution in [2.45, 2.75) is 26.3 Å². The number of nitrogens with one attached hydrogen (secondary N) is 3. The van der Waals surface area contributed by atoms with Crippen molar-refractivity contribution in [2.24, 2.45) is 0 Å². The van der Waals surface area contributed by atoms with Gasteiger partial charge in [-0.05, 0) is 26.0 Å². The van der Waals surface area contributed by atoms with Crippen LogP contribution in [0.25, 0.3) is 0 Å². The van der Waals surface area contributed by atoms with Gasteiger partial charge >= 0.3 is 0 Å². The van der Waals surface area contributed by atoms with Crippen molar-refractivity contribution in [3.8, 4) is 0 Å². The molecule has 0 aliphatic rings. The van der Waals surface area contributed by atoms with E-state index in [9.17, 15) is 9.59 Å². The Morgan fingerprint density at radius 3 is 3.00 bits per heavy atom. The summed E-state index contributed by atoms with van der Waals surface area (Å²) in [5.41, 5.74) is 0.807. The number of carbonyl (C=O) groups is 1. The number of H-pyrrole nitrogens is 1. The van der Waals surface area contributed by atoms with E-state index in [4.69, 9.17) is 0 Å². The second-order valence-electron chi connectivity index (χ2n) is 4.64. The molecule has 0 spiro atoms. The first-order valence-electron chi connectivity index (χ1n) is 6.79. The molecule has 0 saturated carbocycles. The van der Waals surface area contributed by atoms with Crippen molar-refractivity contribution < 1.29 is 4.79 Å². The molecule has 1 atom stereocenters. The largest absolute Gasteiger partial charge is 0.318 e. The highest BCUT2D eigenvalue weighted by Crippen LogP contribution is 2.20. The topological polar surface area (TPSA) is 86.9 Å². The van der Waals surface area contributed by atoms with Gasteiger partial charge in [0.1, 0.15) is 5.69 Å². The van der Waals surface area contributed by atoms with Crippen LogP contribution in [-0.4, -0.2) is 22.4 Å². The van der Waals surface area contributed by atoms with Gasteiger partial charge in [-0.15, -0.1) is 11.3 Å². The molecule has 7 heteroatoms. The molecule has 0 saturated heterocycles. The number of pyridine rings is 1. The third kappa shape index (κ3) is 4.24. The maximum absolute atomic E-state index is 12.0. The number of carbonyl (C=O) groups excluding carboxylic acids is 1. The lowest BCUT2D eigenvalue weighted by atomic mass is 10.2. The predicted molar refractivity (Wildman–Crippen MR) is 83.8 cm³/mol. The highest BCUT2D eigenvalue weighted by Gasteiger charge is 2.12. The standard InChI is InChI=1S/C14H18N4O2S/c1-3-7-15-9(2)11-8-21-14(17-11)18-13(20)10-5-4-6-12(19)16-10/h4-6,8-9,15H,3,7H2,1-2H3,(H,16,19)(H,17,18,20). The number of hydrogen-bond donors (Lipinski definition) is 3. The molecule has 6 nitrogen and oxygen atoms in total. The summed E-state index contributed by atoms with van der Waals surface area (Å²) in [6.07, 6.45) is 1.06. The summed E-state index contributed by atoms with van der Waals surface area (Å²) in [5, 5.41) is 8.46. The van der Waals surface area contributed by atoms with Crippen LogP contribution >= 0.6 is 11.3 Å². The lowest BCUT2D eigenvalue weighted by Gasteiger charge is -2.09. The second-order valence-corrected chi connectivity index (χ2v) is 5.49. The summed E-state index contributed by atoms with van der Waals surface area (Å²) < 4.78 is 0. The Morgan fingerprint density at radius 2 is 2.29 bits per heavy atom. The zero-order chi connectivity index (χ0) is 15.2. The van der Waals surface area contributed by atoms with Gasteiger partial charge in [0.15, 0.2) is 5.13 Å². The molecule has 2 aromatic rings. The van der Waals surface area contributed by atoms with Crippen molar-refractivity contribution in [1.29, 1.82) is 0 Å². The minimum atomic E-state index is -0.372. The number of hydrogen-bond acceptors (Lipinski definition) is 5. The van der Waals surface area contributed by atoms with Gasteiger partial charge in [-0.2, -0.15) is 0 Å². The lowest BCUT2D eigenvalue weighted by Crippen LogP contribution is -2.20. The van der Waals surface area contributed by atoms with Crippen molar-refractivity contribution in [2.75, 3.05) is 11.9 Å². The third-order valence-electron chi connectivity index (χ3n) is 2.90. The van der Waals surface area contributed by atoms with Gasteiger partial charge in [-0.25, -0.2) is 4.98 Å². The van der Waals surface area contributed by atoms with Crippen LogP contribution in [0.3, 0.4) is 0 Å². The van der Waals surface area contributed by atoms with E-state index >= 15 is 0 Å². The molecule has 0 bridgehead atoms. The number of rotatable bonds is 6. The fraction of sp³-hybridized carbons (Fsp3) is 0.357. The van der Waals surface area contributed by atoms with Crippen LogP contribution < -0.4 is 16.2 Å². The molecule has 0 aromatic carbocycles. The van der Waals surface area contributed by atoms with Crippen molar-refractivity contribution in [3.63, 3.8) is 0 Å². The first-order chi connectivity index (χ1) is 10.1. The maximum Gasteiger partial charge on any atom is 0.273 e. The molecule has 1 unspecified atom stereocenters. The van der Waals surface area contributed by atoms with Crippen LogP contribution in [0.15, 0.2) is 28.4 Å². The highest BCUT2D eigenvalue weighted by molar-refractivity contribution is 7.14. The van der Waals surface area contributed by atoms with Crippen molar-refractivity contribution >= 4 is 22.4 Å². The van der Waals surface area contributed by atoms with Crippen LogP contribution in [0.5, 0.6) is 0 Å². The van der Waals surface area contributed by atoms with Crippen LogP contribution in [0, 0.1) is 0 Å². The average molecular weight is 306 g/mol. The Hall–Kier alpha value is -1.99. The average Bonchev–Trinajstić information content (AvgIpc) is 2.93. The van der Waals surface area contributed by atoms with E-state index < -0.39 is 0 Å². The van der Waals surface area contributed by atoms with Crippen molar-refractivity contribution in [3.05, 3.63) is 45.3 Å². The smallest absolute Gasteiger partial charge is 0.273 e. The Kier molecular flexibility index (Phi) is 5.24. The summed E-state index contributed by atoms with van der Waals surface area (Å²) in [7, 11) is 0. The minimum Gasteiger partial charge on any atom is -0.318 e. The summed E-state index contributed by atoms with van der Waals surface area (Å²) in [5.74, 6) is -0.372. The fourth-order valence-corrected chi connectivity index (χ4v) is 2.55. The summed E-state index contributed by atoms with van der Waals surface area (Å²) in [4.78, 5) is 30.0. The van der Waals surface area contributed by atoms with E-state index in [0.717, 1.165) is 18.7 Å². The van der Waals surface area contributed by atoms with E-state index in [-0.39, 0.29) is 23.2 Å². The Bertz CT molecular complexity index is 665. The van der Waals surface area contributed by atoms with Gasteiger partial charge in [0, 0.05) is 17.5 Å². The number of amides is 1. The number of nitrogens with zero attached hydrogens (tertiary/aromatic N) is 1. The van der Waals surface area contributed by atoms with Gasteiger partial charge in [0.2, 0.25) is 5.56 Å². The van der Waals surface area contributed by atoms with E-state index in [1.807, 2.05) is 12.3 Å². The number of thiazole rings is 1. The van der Waals surface area contributed by atoms with Crippen LogP contribution in [0.1, 0.15) is 42.5 Å². The van der Waals surface area contributed by atoms with E-state index in [0.29, 0.717) is 5.13 Å². The predicted octanol–water partition coefficient (Wildman–Crippen LogP) is 2.14. The maximum atomic E-state index is 12.0. The van der Waals surface area contributed by atoms with Crippen LogP contribution in [-0.2, 0) is 0 Å². The molecular weight excluding hydrogens is 288 g/mol. The van der Waals surface area contributed by atoms with Crippen molar-refractivity contribution in [1.82, 2.24) is 15.3 Å². The number of anilines is 1. The van der Waals surface area contributed by atoms with Crippen LogP contribution in [0.4, 0.5) is 5.13 Å². The molecule has 21 heavy (non-hydrogen) atoms. The number of aromatic amines is 1. The Labute approximate surface area is 126 Å². The van der Waals surface area contributed by atoms with Gasteiger partial charge < -0.3 is 10.3 Å². The molecule has 3 N–H and O–H groups in total. The first kappa shape index (κ1) is 15.4. The zero-order valence-corrected chi connectivity index (χ0v) is 12.8. The lowest BCUT2D eigenvalue weighted by molar-refractivity contribution is 0.102. The second kappa shape index (κ2) is 7.14. The quantitative estimate of drug-likeness (QED) is 0.763. The van der Waals surface area contributed by atoms with Gasteiger partial charge in [0.25, 0.3) is 5.91 Å². The Balaban J connectivity index is 2.02. The van der Waals surface area contributed by atoms with Gasteiger partial charge in [0.05, 0.1) is 5.69 Å². The summed E-state index contributed by atoms with van der Waals surface area (Å²) in [6.45, 7) is 5.06. The molecule has 0 fully saturated rings. The highest BCUT2D eigenvalue weighted by atomic mass is 32.1.